The highest BCUT2D eigenvalue weighted by atomic mass is 32.1. The Morgan fingerprint density at radius 2 is 2.23 bits per heavy atom. The van der Waals surface area contributed by atoms with Crippen LogP contribution in [0.4, 0.5) is 0 Å². The molecule has 0 radical (unpaired) electrons. The average molecular weight is 440 g/mol. The molecule has 1 aliphatic heterocycles. The van der Waals surface area contributed by atoms with Crippen molar-refractivity contribution in [2.24, 2.45) is 7.05 Å². The van der Waals surface area contributed by atoms with Gasteiger partial charge in [0.05, 0.1) is 18.4 Å². The van der Waals surface area contributed by atoms with Crippen LogP contribution >= 0.6 is 11.3 Å². The lowest BCUT2D eigenvalue weighted by Gasteiger charge is -2.26. The van der Waals surface area contributed by atoms with Gasteiger partial charge < -0.3 is 14.4 Å². The van der Waals surface area contributed by atoms with E-state index in [4.69, 9.17) is 9.47 Å². The van der Waals surface area contributed by atoms with E-state index in [1.807, 2.05) is 49.2 Å². The van der Waals surface area contributed by atoms with Crippen molar-refractivity contribution in [2.45, 2.75) is 38.8 Å². The number of hydrogen-bond acceptors (Lipinski definition) is 5. The van der Waals surface area contributed by atoms with Crippen molar-refractivity contribution in [2.75, 3.05) is 19.8 Å². The maximum atomic E-state index is 13.3. The molecule has 31 heavy (non-hydrogen) atoms. The van der Waals surface area contributed by atoms with E-state index >= 15 is 0 Å². The van der Waals surface area contributed by atoms with E-state index in [0.29, 0.717) is 25.4 Å². The molecule has 6 nitrogen and oxygen atoms in total. The molecule has 0 saturated carbocycles. The van der Waals surface area contributed by atoms with Crippen LogP contribution in [0.25, 0.3) is 0 Å². The summed E-state index contributed by atoms with van der Waals surface area (Å²) in [6.07, 6.45) is 3.01. The van der Waals surface area contributed by atoms with Crippen LogP contribution in [-0.2, 0) is 24.8 Å². The summed E-state index contributed by atoms with van der Waals surface area (Å²) >= 11 is 1.70. The van der Waals surface area contributed by atoms with Crippen LogP contribution in [0.3, 0.4) is 0 Å². The van der Waals surface area contributed by atoms with Gasteiger partial charge in [0.1, 0.15) is 11.4 Å². The highest BCUT2D eigenvalue weighted by Crippen LogP contribution is 2.20. The lowest BCUT2D eigenvalue weighted by molar-refractivity contribution is 0.0499. The smallest absolute Gasteiger partial charge is 0.272 e. The molecule has 0 spiro atoms. The van der Waals surface area contributed by atoms with E-state index in [-0.39, 0.29) is 12.0 Å². The number of hydrogen-bond donors (Lipinski definition) is 0. The predicted molar refractivity (Wildman–Crippen MR) is 122 cm³/mol. The van der Waals surface area contributed by atoms with Gasteiger partial charge in [0.15, 0.2) is 0 Å². The van der Waals surface area contributed by atoms with E-state index in [1.54, 1.807) is 16.0 Å². The molecule has 1 atom stereocenters. The van der Waals surface area contributed by atoms with Gasteiger partial charge in [-0.1, -0.05) is 12.1 Å². The number of nitrogens with zero attached hydrogens (tertiary/aromatic N) is 3. The standard InChI is InChI=1S/C24H29N3O3S/c1-18-13-23(26(2)25-18)24(28)27(16-22-7-4-10-29-22)15-20-5-3-6-21(14-20)30-11-8-19-9-12-31-17-19/h3,5-6,9,12-14,17,22H,4,7-8,10-11,15-16H2,1-2H3. The first-order chi connectivity index (χ1) is 15.1. The van der Waals surface area contributed by atoms with Crippen molar-refractivity contribution >= 4 is 17.2 Å². The Balaban J connectivity index is 1.45. The Labute approximate surface area is 187 Å². The molecule has 4 rings (SSSR count). The van der Waals surface area contributed by atoms with Gasteiger partial charge in [0.25, 0.3) is 5.91 Å². The molecular weight excluding hydrogens is 410 g/mol. The van der Waals surface area contributed by atoms with Crippen molar-refractivity contribution < 1.29 is 14.3 Å². The monoisotopic (exact) mass is 439 g/mol. The van der Waals surface area contributed by atoms with Crippen molar-refractivity contribution in [1.82, 2.24) is 14.7 Å². The second kappa shape index (κ2) is 10.1. The molecule has 0 bridgehead atoms. The topological polar surface area (TPSA) is 56.6 Å². The van der Waals surface area contributed by atoms with Crippen molar-refractivity contribution in [3.05, 3.63) is 69.7 Å². The summed E-state index contributed by atoms with van der Waals surface area (Å²) in [6.45, 7) is 4.38. The van der Waals surface area contributed by atoms with Crippen LogP contribution in [0.15, 0.2) is 47.2 Å². The molecule has 7 heteroatoms. The van der Waals surface area contributed by atoms with Crippen molar-refractivity contribution in [1.29, 1.82) is 0 Å². The fourth-order valence-electron chi connectivity index (χ4n) is 3.90. The molecule has 3 heterocycles. The molecule has 1 aromatic carbocycles. The lowest BCUT2D eigenvalue weighted by atomic mass is 10.1. The van der Waals surface area contributed by atoms with E-state index in [1.165, 1.54) is 5.56 Å². The summed E-state index contributed by atoms with van der Waals surface area (Å²) in [6, 6.07) is 12.0. The van der Waals surface area contributed by atoms with Crippen LogP contribution in [0.1, 0.15) is 40.2 Å². The number of carbonyl (C=O) groups excluding carboxylic acids is 1. The molecule has 3 aromatic rings. The zero-order valence-corrected chi connectivity index (χ0v) is 18.9. The SMILES string of the molecule is Cc1cc(C(=O)N(Cc2cccc(OCCc3ccsc3)c2)CC2CCCO2)n(C)n1. The summed E-state index contributed by atoms with van der Waals surface area (Å²) in [5.74, 6) is 0.802. The van der Waals surface area contributed by atoms with E-state index in [0.717, 1.165) is 42.9 Å². The van der Waals surface area contributed by atoms with Crippen LogP contribution in [0, 0.1) is 6.92 Å². The molecule has 1 amide bonds. The van der Waals surface area contributed by atoms with E-state index in [9.17, 15) is 4.79 Å². The maximum Gasteiger partial charge on any atom is 0.272 e. The van der Waals surface area contributed by atoms with Gasteiger partial charge in [0, 0.05) is 33.2 Å². The average Bonchev–Trinajstić information content (AvgIpc) is 3.51. The summed E-state index contributed by atoms with van der Waals surface area (Å²) in [5, 5.41) is 8.57. The van der Waals surface area contributed by atoms with Gasteiger partial charge in [-0.05, 0) is 65.9 Å². The number of ether oxygens (including phenoxy) is 2. The number of carbonyl (C=O) groups is 1. The summed E-state index contributed by atoms with van der Waals surface area (Å²) in [5.41, 5.74) is 3.77. The van der Waals surface area contributed by atoms with E-state index in [2.05, 4.69) is 21.9 Å². The van der Waals surface area contributed by atoms with Crippen LogP contribution in [0.5, 0.6) is 5.75 Å². The number of aryl methyl sites for hydroxylation is 2. The molecule has 2 aromatic heterocycles. The number of benzene rings is 1. The minimum absolute atomic E-state index is 0.0256. The Kier molecular flexibility index (Phi) is 7.04. The minimum Gasteiger partial charge on any atom is -0.493 e. The van der Waals surface area contributed by atoms with Gasteiger partial charge in [-0.15, -0.1) is 0 Å². The predicted octanol–water partition coefficient (Wildman–Crippen LogP) is 4.23. The number of aromatic nitrogens is 2. The largest absolute Gasteiger partial charge is 0.493 e. The third-order valence-electron chi connectivity index (χ3n) is 5.47. The van der Waals surface area contributed by atoms with Crippen LogP contribution < -0.4 is 4.74 Å². The third kappa shape index (κ3) is 5.74. The number of amides is 1. The van der Waals surface area contributed by atoms with Gasteiger partial charge in [0.2, 0.25) is 0 Å². The van der Waals surface area contributed by atoms with Crippen molar-refractivity contribution in [3.63, 3.8) is 0 Å². The second-order valence-corrected chi connectivity index (χ2v) is 8.77. The number of rotatable bonds is 9. The lowest BCUT2D eigenvalue weighted by Crippen LogP contribution is -2.37. The van der Waals surface area contributed by atoms with Crippen LogP contribution in [-0.4, -0.2) is 46.5 Å². The maximum absolute atomic E-state index is 13.3. The first-order valence-corrected chi connectivity index (χ1v) is 11.7. The zero-order chi connectivity index (χ0) is 21.6. The highest BCUT2D eigenvalue weighted by molar-refractivity contribution is 7.07. The second-order valence-electron chi connectivity index (χ2n) is 7.99. The molecule has 0 aliphatic carbocycles. The Morgan fingerprint density at radius 3 is 2.94 bits per heavy atom. The Hall–Kier alpha value is -2.64. The Morgan fingerprint density at radius 1 is 1.32 bits per heavy atom. The zero-order valence-electron chi connectivity index (χ0n) is 18.1. The van der Waals surface area contributed by atoms with Crippen LogP contribution in [0.2, 0.25) is 0 Å². The fourth-order valence-corrected chi connectivity index (χ4v) is 4.60. The molecule has 1 aliphatic rings. The molecule has 0 N–H and O–H groups in total. The van der Waals surface area contributed by atoms with Gasteiger partial charge >= 0.3 is 0 Å². The summed E-state index contributed by atoms with van der Waals surface area (Å²) in [4.78, 5) is 15.2. The normalized spacial score (nSPS) is 15.9. The highest BCUT2D eigenvalue weighted by Gasteiger charge is 2.25. The Bertz CT molecular complexity index is 993. The summed E-state index contributed by atoms with van der Waals surface area (Å²) < 4.78 is 13.4. The van der Waals surface area contributed by atoms with Gasteiger partial charge in [-0.25, -0.2) is 0 Å². The minimum atomic E-state index is -0.0256. The van der Waals surface area contributed by atoms with Crippen molar-refractivity contribution in [3.8, 4) is 5.75 Å². The molecule has 1 saturated heterocycles. The molecule has 1 unspecified atom stereocenters. The third-order valence-corrected chi connectivity index (χ3v) is 6.20. The number of thiophene rings is 1. The molecule has 1 fully saturated rings. The first kappa shape index (κ1) is 21.6. The summed E-state index contributed by atoms with van der Waals surface area (Å²) in [7, 11) is 1.81. The van der Waals surface area contributed by atoms with E-state index < -0.39 is 0 Å². The molecule has 164 valence electrons. The first-order valence-electron chi connectivity index (χ1n) is 10.7. The van der Waals surface area contributed by atoms with Gasteiger partial charge in [-0.3, -0.25) is 9.48 Å². The molecular formula is C24H29N3O3S. The quantitative estimate of drug-likeness (QED) is 0.501. The fraction of sp³-hybridized carbons (Fsp3) is 0.417. The van der Waals surface area contributed by atoms with Gasteiger partial charge in [-0.2, -0.15) is 16.4 Å².